The Bertz CT molecular complexity index is 973. The maximum atomic E-state index is 13.2. The lowest BCUT2D eigenvalue weighted by molar-refractivity contribution is 0.0984. The zero-order chi connectivity index (χ0) is 18.4. The van der Waals surface area contributed by atoms with E-state index in [0.717, 1.165) is 34.7 Å². The average Bonchev–Trinajstić information content (AvgIpc) is 2.52. The van der Waals surface area contributed by atoms with E-state index in [1.54, 1.807) is 24.0 Å². The van der Waals surface area contributed by atoms with E-state index in [1.807, 2.05) is 6.07 Å². The molecule has 1 amide bonds. The van der Waals surface area contributed by atoms with Gasteiger partial charge in [-0.2, -0.15) is 0 Å². The molecule has 0 unspecified atom stereocenters. The second-order valence-electron chi connectivity index (χ2n) is 6.20. The Kier molecular flexibility index (Phi) is 4.97. The lowest BCUT2D eigenvalue weighted by Crippen LogP contribution is -2.36. The summed E-state index contributed by atoms with van der Waals surface area (Å²) in [4.78, 5) is 15.0. The molecular weight excluding hydrogens is 426 g/mol. The topological polar surface area (TPSA) is 54.5 Å². The molecular formula is C18H17BrClNO3S. The number of hydrogen-bond donors (Lipinski definition) is 0. The molecule has 1 heterocycles. The highest BCUT2D eigenvalue weighted by Gasteiger charge is 2.27. The van der Waals surface area contributed by atoms with Crippen molar-refractivity contribution in [1.29, 1.82) is 0 Å². The molecule has 0 saturated carbocycles. The number of rotatable bonds is 2. The number of carbonyl (C=O) groups is 1. The van der Waals surface area contributed by atoms with Crippen molar-refractivity contribution in [2.24, 2.45) is 0 Å². The van der Waals surface area contributed by atoms with E-state index in [2.05, 4.69) is 15.9 Å². The monoisotopic (exact) mass is 441 g/mol. The number of amides is 1. The van der Waals surface area contributed by atoms with E-state index >= 15 is 0 Å². The van der Waals surface area contributed by atoms with Crippen molar-refractivity contribution >= 4 is 49.0 Å². The Morgan fingerprint density at radius 1 is 1.24 bits per heavy atom. The van der Waals surface area contributed by atoms with Crippen molar-refractivity contribution in [2.45, 2.75) is 24.7 Å². The van der Waals surface area contributed by atoms with Gasteiger partial charge in [-0.25, -0.2) is 8.42 Å². The first-order chi connectivity index (χ1) is 11.7. The van der Waals surface area contributed by atoms with Crippen molar-refractivity contribution in [3.63, 3.8) is 0 Å². The van der Waals surface area contributed by atoms with Crippen LogP contribution in [0.3, 0.4) is 0 Å². The summed E-state index contributed by atoms with van der Waals surface area (Å²) in [7, 11) is -3.38. The predicted octanol–water partition coefficient (Wildman–Crippen LogP) is 4.41. The van der Waals surface area contributed by atoms with Crippen molar-refractivity contribution < 1.29 is 13.2 Å². The van der Waals surface area contributed by atoms with Crippen LogP contribution in [0.4, 0.5) is 5.69 Å². The van der Waals surface area contributed by atoms with Gasteiger partial charge in [0.25, 0.3) is 5.91 Å². The van der Waals surface area contributed by atoms with E-state index < -0.39 is 9.84 Å². The molecule has 0 fully saturated rings. The summed E-state index contributed by atoms with van der Waals surface area (Å²) in [6.07, 6.45) is 2.81. The van der Waals surface area contributed by atoms with Crippen LogP contribution in [0.15, 0.2) is 39.7 Å². The molecule has 0 saturated heterocycles. The number of benzene rings is 2. The highest BCUT2D eigenvalue weighted by atomic mass is 79.9. The maximum Gasteiger partial charge on any atom is 0.258 e. The van der Waals surface area contributed by atoms with Crippen LogP contribution in [0.25, 0.3) is 0 Å². The van der Waals surface area contributed by atoms with Crippen molar-refractivity contribution in [3.05, 3.63) is 56.5 Å². The van der Waals surface area contributed by atoms with Gasteiger partial charge in [0, 0.05) is 22.8 Å². The molecule has 0 spiro atoms. The molecule has 7 heteroatoms. The summed E-state index contributed by atoms with van der Waals surface area (Å²) in [6, 6.07) is 8.38. The van der Waals surface area contributed by atoms with Gasteiger partial charge >= 0.3 is 0 Å². The van der Waals surface area contributed by atoms with E-state index in [1.165, 1.54) is 12.1 Å². The first-order valence-electron chi connectivity index (χ1n) is 7.79. The Labute approximate surface area is 160 Å². The van der Waals surface area contributed by atoms with Crippen LogP contribution < -0.4 is 4.90 Å². The van der Waals surface area contributed by atoms with E-state index in [9.17, 15) is 13.2 Å². The third-order valence-corrected chi connectivity index (χ3v) is 6.17. The molecule has 1 aliphatic heterocycles. The number of halogens is 2. The second kappa shape index (κ2) is 6.74. The molecule has 132 valence electrons. The second-order valence-corrected chi connectivity index (χ2v) is 9.54. The van der Waals surface area contributed by atoms with Crippen LogP contribution in [-0.2, 0) is 16.3 Å². The van der Waals surface area contributed by atoms with E-state index in [0.29, 0.717) is 22.8 Å². The minimum absolute atomic E-state index is 0.139. The number of nitrogens with zero attached hydrogens (tertiary/aromatic N) is 1. The Morgan fingerprint density at radius 2 is 1.96 bits per heavy atom. The number of carbonyl (C=O) groups excluding carboxylic acids is 1. The molecule has 2 aromatic rings. The smallest absolute Gasteiger partial charge is 0.258 e. The van der Waals surface area contributed by atoms with Crippen molar-refractivity contribution in [3.8, 4) is 0 Å². The van der Waals surface area contributed by atoms with E-state index in [-0.39, 0.29) is 10.8 Å². The third-order valence-electron chi connectivity index (χ3n) is 4.32. The summed E-state index contributed by atoms with van der Waals surface area (Å²) >= 11 is 9.83. The first-order valence-corrected chi connectivity index (χ1v) is 10.8. The molecule has 1 aliphatic rings. The zero-order valence-electron chi connectivity index (χ0n) is 13.8. The Morgan fingerprint density at radius 3 is 2.64 bits per heavy atom. The number of sulfone groups is 1. The normalized spacial score (nSPS) is 14.3. The molecule has 4 nitrogen and oxygen atoms in total. The molecule has 0 aromatic heterocycles. The SMILES string of the molecule is Cc1ccc(S(C)(=O)=O)cc1C(=O)N1CCCc2cc(Br)cc(Cl)c21. The predicted molar refractivity (Wildman–Crippen MR) is 103 cm³/mol. The van der Waals surface area contributed by atoms with Crippen LogP contribution >= 0.6 is 27.5 Å². The van der Waals surface area contributed by atoms with Crippen molar-refractivity contribution in [2.75, 3.05) is 17.7 Å². The fraction of sp³-hybridized carbons (Fsp3) is 0.278. The highest BCUT2D eigenvalue weighted by Crippen LogP contribution is 2.38. The summed E-state index contributed by atoms with van der Waals surface area (Å²) in [5.74, 6) is -0.229. The number of aryl methyl sites for hydroxylation is 2. The molecule has 0 atom stereocenters. The van der Waals surface area contributed by atoms with Crippen LogP contribution in [0.1, 0.15) is 27.9 Å². The average molecular weight is 443 g/mol. The maximum absolute atomic E-state index is 13.2. The molecule has 3 rings (SSSR count). The van der Waals surface area contributed by atoms with Gasteiger partial charge in [-0.1, -0.05) is 33.6 Å². The molecule has 25 heavy (non-hydrogen) atoms. The van der Waals surface area contributed by atoms with Gasteiger partial charge in [0.15, 0.2) is 9.84 Å². The zero-order valence-corrected chi connectivity index (χ0v) is 17.0. The van der Waals surface area contributed by atoms with Crippen LogP contribution in [-0.4, -0.2) is 27.1 Å². The van der Waals surface area contributed by atoms with Gasteiger partial charge in [-0.15, -0.1) is 0 Å². The third kappa shape index (κ3) is 3.61. The van der Waals surface area contributed by atoms with Gasteiger partial charge in [0.05, 0.1) is 15.6 Å². The summed E-state index contributed by atoms with van der Waals surface area (Å²) in [5, 5.41) is 0.509. The molecule has 0 N–H and O–H groups in total. The van der Waals surface area contributed by atoms with E-state index in [4.69, 9.17) is 11.6 Å². The summed E-state index contributed by atoms with van der Waals surface area (Å²) in [5.41, 5.74) is 2.84. The highest BCUT2D eigenvalue weighted by molar-refractivity contribution is 9.10. The van der Waals surface area contributed by atoms with Gasteiger partial charge in [-0.05, 0) is 55.2 Å². The number of fused-ring (bicyclic) bond motifs is 1. The molecule has 0 bridgehead atoms. The standard InChI is InChI=1S/C18H17BrClNO3S/c1-11-5-6-14(25(2,23)24)10-15(11)18(22)21-7-3-4-12-8-13(19)9-16(20)17(12)21/h5-6,8-10H,3-4,7H2,1-2H3. The molecule has 0 radical (unpaired) electrons. The van der Waals surface area contributed by atoms with Gasteiger partial charge < -0.3 is 4.90 Å². The summed E-state index contributed by atoms with van der Waals surface area (Å²) < 4.78 is 24.5. The fourth-order valence-electron chi connectivity index (χ4n) is 3.06. The van der Waals surface area contributed by atoms with Crippen LogP contribution in [0.5, 0.6) is 0 Å². The number of anilines is 1. The minimum Gasteiger partial charge on any atom is -0.307 e. The largest absolute Gasteiger partial charge is 0.307 e. The lowest BCUT2D eigenvalue weighted by Gasteiger charge is -2.31. The quantitative estimate of drug-likeness (QED) is 0.692. The van der Waals surface area contributed by atoms with Crippen LogP contribution in [0, 0.1) is 6.92 Å². The number of hydrogen-bond acceptors (Lipinski definition) is 3. The van der Waals surface area contributed by atoms with Gasteiger partial charge in [0.1, 0.15) is 0 Å². The Balaban J connectivity index is 2.10. The van der Waals surface area contributed by atoms with Crippen LogP contribution in [0.2, 0.25) is 5.02 Å². The Hall–Kier alpha value is -1.37. The van der Waals surface area contributed by atoms with Crippen molar-refractivity contribution in [1.82, 2.24) is 0 Å². The first kappa shape index (κ1) is 18.4. The molecule has 0 aliphatic carbocycles. The van der Waals surface area contributed by atoms with Gasteiger partial charge in [0.2, 0.25) is 0 Å². The lowest BCUT2D eigenvalue weighted by atomic mass is 9.99. The molecule has 2 aromatic carbocycles. The van der Waals surface area contributed by atoms with Gasteiger partial charge in [-0.3, -0.25) is 4.79 Å². The fourth-order valence-corrected chi connectivity index (χ4v) is 4.69. The minimum atomic E-state index is -3.38. The summed E-state index contributed by atoms with van der Waals surface area (Å²) in [6.45, 7) is 2.35.